The number of hydrogen-bond acceptors (Lipinski definition) is 3. The lowest BCUT2D eigenvalue weighted by Crippen LogP contribution is -2.50. The van der Waals surface area contributed by atoms with Crippen LogP contribution in [-0.2, 0) is 4.79 Å². The summed E-state index contributed by atoms with van der Waals surface area (Å²) in [7, 11) is 0. The van der Waals surface area contributed by atoms with Gasteiger partial charge in [-0.05, 0) is 44.4 Å². The highest BCUT2D eigenvalue weighted by Crippen LogP contribution is 2.24. The van der Waals surface area contributed by atoms with E-state index in [0.717, 1.165) is 37.1 Å². The predicted octanol–water partition coefficient (Wildman–Crippen LogP) is 2.70. The van der Waals surface area contributed by atoms with Crippen molar-refractivity contribution < 1.29 is 4.79 Å². The van der Waals surface area contributed by atoms with Gasteiger partial charge in [0.1, 0.15) is 0 Å². The molecule has 1 aromatic heterocycles. The maximum absolute atomic E-state index is 12.3. The smallest absolute Gasteiger partial charge is 0.244 e. The van der Waals surface area contributed by atoms with Gasteiger partial charge in [0.2, 0.25) is 5.91 Å². The summed E-state index contributed by atoms with van der Waals surface area (Å²) in [6, 6.07) is 1.93. The molecular weight excluding hydrogens is 285 g/mol. The Morgan fingerprint density at radius 2 is 2.21 bits per heavy atom. The first-order valence-electron chi connectivity index (χ1n) is 6.14. The third-order valence-corrected chi connectivity index (χ3v) is 3.41. The molecule has 1 unspecified atom stereocenters. The molecule has 1 amide bonds. The Morgan fingerprint density at radius 1 is 1.47 bits per heavy atom. The van der Waals surface area contributed by atoms with Crippen LogP contribution < -0.4 is 10.6 Å². The number of nitrogens with zero attached hydrogens (tertiary/aromatic N) is 1. The Kier molecular flexibility index (Phi) is 7.34. The van der Waals surface area contributed by atoms with Crippen LogP contribution in [0.15, 0.2) is 18.5 Å². The van der Waals surface area contributed by atoms with Crippen LogP contribution in [0.25, 0.3) is 0 Å². The molecule has 2 rings (SSSR count). The first kappa shape index (κ1) is 18.2. The van der Waals surface area contributed by atoms with Gasteiger partial charge in [-0.1, -0.05) is 6.92 Å². The van der Waals surface area contributed by atoms with Crippen LogP contribution in [0.3, 0.4) is 0 Å². The molecule has 1 aromatic rings. The summed E-state index contributed by atoms with van der Waals surface area (Å²) in [6.45, 7) is 4.94. The van der Waals surface area contributed by atoms with Gasteiger partial charge < -0.3 is 10.6 Å². The number of amides is 1. The lowest BCUT2D eigenvalue weighted by Gasteiger charge is -2.26. The summed E-state index contributed by atoms with van der Waals surface area (Å²) >= 11 is 0. The molecule has 2 heterocycles. The van der Waals surface area contributed by atoms with Crippen molar-refractivity contribution in [2.75, 3.05) is 11.9 Å². The van der Waals surface area contributed by atoms with Gasteiger partial charge in [0, 0.05) is 6.20 Å². The Bertz CT molecular complexity index is 420. The van der Waals surface area contributed by atoms with Crippen molar-refractivity contribution in [1.82, 2.24) is 10.3 Å². The molecule has 0 spiro atoms. The number of pyridine rings is 1. The van der Waals surface area contributed by atoms with E-state index < -0.39 is 0 Å². The number of nitrogens with one attached hydrogen (secondary N) is 2. The van der Waals surface area contributed by atoms with E-state index in [2.05, 4.69) is 15.6 Å². The Morgan fingerprint density at radius 3 is 2.74 bits per heavy atom. The molecule has 0 aliphatic carbocycles. The molecule has 1 aliphatic heterocycles. The SMILES string of the molecule is CCC1(C(=O)Nc2cncc(C)c2)CCCN1.Cl.Cl. The molecule has 4 nitrogen and oxygen atoms in total. The maximum Gasteiger partial charge on any atom is 0.244 e. The number of aromatic nitrogens is 1. The lowest BCUT2D eigenvalue weighted by molar-refractivity contribution is -0.122. The number of carbonyl (C=O) groups is 1. The van der Waals surface area contributed by atoms with E-state index >= 15 is 0 Å². The number of rotatable bonds is 3. The maximum atomic E-state index is 12.3. The van der Waals surface area contributed by atoms with Gasteiger partial charge >= 0.3 is 0 Å². The van der Waals surface area contributed by atoms with E-state index in [4.69, 9.17) is 0 Å². The summed E-state index contributed by atoms with van der Waals surface area (Å²) in [5.74, 6) is 0.0601. The van der Waals surface area contributed by atoms with Crippen molar-refractivity contribution in [3.8, 4) is 0 Å². The van der Waals surface area contributed by atoms with Crippen molar-refractivity contribution in [2.45, 2.75) is 38.6 Å². The number of anilines is 1. The van der Waals surface area contributed by atoms with Gasteiger partial charge in [0.05, 0.1) is 17.4 Å². The molecule has 0 bridgehead atoms. The average Bonchev–Trinajstić information content (AvgIpc) is 2.78. The molecule has 1 fully saturated rings. The van der Waals surface area contributed by atoms with Crippen molar-refractivity contribution in [1.29, 1.82) is 0 Å². The van der Waals surface area contributed by atoms with E-state index in [-0.39, 0.29) is 36.3 Å². The van der Waals surface area contributed by atoms with Crippen molar-refractivity contribution in [2.24, 2.45) is 0 Å². The number of hydrogen-bond donors (Lipinski definition) is 2. The van der Waals surface area contributed by atoms with Gasteiger partial charge in [-0.3, -0.25) is 9.78 Å². The van der Waals surface area contributed by atoms with Crippen LogP contribution in [0.2, 0.25) is 0 Å². The number of aryl methyl sites for hydroxylation is 1. The van der Waals surface area contributed by atoms with Crippen molar-refractivity contribution >= 4 is 36.4 Å². The first-order chi connectivity index (χ1) is 8.16. The average molecular weight is 306 g/mol. The van der Waals surface area contributed by atoms with Crippen LogP contribution in [0, 0.1) is 6.92 Å². The van der Waals surface area contributed by atoms with E-state index in [1.54, 1.807) is 12.4 Å². The molecule has 0 radical (unpaired) electrons. The van der Waals surface area contributed by atoms with Gasteiger partial charge in [-0.2, -0.15) is 0 Å². The second-order valence-corrected chi connectivity index (χ2v) is 4.67. The zero-order chi connectivity index (χ0) is 12.3. The van der Waals surface area contributed by atoms with E-state index in [9.17, 15) is 4.79 Å². The molecule has 0 saturated carbocycles. The quantitative estimate of drug-likeness (QED) is 0.903. The topological polar surface area (TPSA) is 54.0 Å². The summed E-state index contributed by atoms with van der Waals surface area (Å²) in [5, 5.41) is 6.27. The van der Waals surface area contributed by atoms with Crippen LogP contribution in [0.1, 0.15) is 31.7 Å². The third-order valence-electron chi connectivity index (χ3n) is 3.41. The van der Waals surface area contributed by atoms with Crippen molar-refractivity contribution in [3.63, 3.8) is 0 Å². The fourth-order valence-corrected chi connectivity index (χ4v) is 2.34. The van der Waals surface area contributed by atoms with Gasteiger partial charge in [-0.15, -0.1) is 24.8 Å². The molecule has 2 N–H and O–H groups in total. The van der Waals surface area contributed by atoms with Crippen LogP contribution >= 0.6 is 24.8 Å². The van der Waals surface area contributed by atoms with Crippen molar-refractivity contribution in [3.05, 3.63) is 24.0 Å². The molecule has 6 heteroatoms. The molecule has 1 atom stereocenters. The van der Waals surface area contributed by atoms with Crippen LogP contribution in [0.4, 0.5) is 5.69 Å². The standard InChI is InChI=1S/C13H19N3O.2ClH/c1-3-13(5-4-6-15-13)12(17)16-11-7-10(2)8-14-9-11;;/h7-9,15H,3-6H2,1-2H3,(H,16,17);2*1H. The second kappa shape index (κ2) is 7.68. The third kappa shape index (κ3) is 4.06. The monoisotopic (exact) mass is 305 g/mol. The summed E-state index contributed by atoms with van der Waals surface area (Å²) in [5.41, 5.74) is 1.44. The highest BCUT2D eigenvalue weighted by Gasteiger charge is 2.38. The van der Waals surface area contributed by atoms with E-state index in [1.165, 1.54) is 0 Å². The first-order valence-corrected chi connectivity index (χ1v) is 6.14. The molecule has 0 aromatic carbocycles. The largest absolute Gasteiger partial charge is 0.323 e. The van der Waals surface area contributed by atoms with Gasteiger partial charge in [-0.25, -0.2) is 0 Å². The molecule has 1 saturated heterocycles. The fraction of sp³-hybridized carbons (Fsp3) is 0.538. The highest BCUT2D eigenvalue weighted by molar-refractivity contribution is 5.98. The summed E-state index contributed by atoms with van der Waals surface area (Å²) < 4.78 is 0. The fourth-order valence-electron chi connectivity index (χ4n) is 2.34. The lowest BCUT2D eigenvalue weighted by atomic mass is 9.93. The summed E-state index contributed by atoms with van der Waals surface area (Å²) in [4.78, 5) is 16.4. The van der Waals surface area contributed by atoms with Gasteiger partial charge in [0.25, 0.3) is 0 Å². The number of halogens is 2. The molecule has 108 valence electrons. The second-order valence-electron chi connectivity index (χ2n) is 4.67. The Labute approximate surface area is 126 Å². The van der Waals surface area contributed by atoms with Gasteiger partial charge in [0.15, 0.2) is 0 Å². The minimum absolute atomic E-state index is 0. The highest BCUT2D eigenvalue weighted by atomic mass is 35.5. The zero-order valence-corrected chi connectivity index (χ0v) is 12.9. The minimum Gasteiger partial charge on any atom is -0.323 e. The van der Waals surface area contributed by atoms with Crippen LogP contribution in [0.5, 0.6) is 0 Å². The molecule has 19 heavy (non-hydrogen) atoms. The summed E-state index contributed by atoms with van der Waals surface area (Å²) in [6.07, 6.45) is 6.25. The molecule has 1 aliphatic rings. The number of carbonyl (C=O) groups excluding carboxylic acids is 1. The zero-order valence-electron chi connectivity index (χ0n) is 11.2. The Hall–Kier alpha value is -0.840. The Balaban J connectivity index is 0.00000162. The van der Waals surface area contributed by atoms with E-state index in [0.29, 0.717) is 0 Å². The molecular formula is C13H21Cl2N3O. The minimum atomic E-state index is -0.385. The van der Waals surface area contributed by atoms with Crippen LogP contribution in [-0.4, -0.2) is 23.0 Å². The normalized spacial score (nSPS) is 21.2. The van der Waals surface area contributed by atoms with E-state index in [1.807, 2.05) is 19.9 Å². The predicted molar refractivity (Wildman–Crippen MR) is 82.4 cm³/mol.